The fraction of sp³-hybridized carbons (Fsp3) is 0.462. The minimum absolute atomic E-state index is 0.241. The summed E-state index contributed by atoms with van der Waals surface area (Å²) in [5, 5.41) is 0. The minimum Gasteiger partial charge on any atom is -0.309 e. The Kier molecular flexibility index (Phi) is 4.04. The van der Waals surface area contributed by atoms with E-state index in [0.29, 0.717) is 6.42 Å². The van der Waals surface area contributed by atoms with Crippen LogP contribution in [0, 0.1) is 13.8 Å². The van der Waals surface area contributed by atoms with Crippen molar-refractivity contribution in [2.45, 2.75) is 20.3 Å². The van der Waals surface area contributed by atoms with Crippen LogP contribution in [0.4, 0.5) is 0 Å². The van der Waals surface area contributed by atoms with Gasteiger partial charge in [-0.05, 0) is 39.6 Å². The van der Waals surface area contributed by atoms with Crippen LogP contribution in [-0.2, 0) is 0 Å². The van der Waals surface area contributed by atoms with E-state index >= 15 is 0 Å². The fourth-order valence-corrected chi connectivity index (χ4v) is 1.50. The number of hydrogen-bond donors (Lipinski definition) is 0. The van der Waals surface area contributed by atoms with Gasteiger partial charge in [-0.2, -0.15) is 0 Å². The standard InChI is InChI=1S/C13H19NO/c1-10-5-6-11(2)12(9-10)13(15)7-8-14(3)4/h5-6,9H,7-8H2,1-4H3. The first-order valence-electron chi connectivity index (χ1n) is 5.26. The van der Waals surface area contributed by atoms with Gasteiger partial charge in [0.1, 0.15) is 0 Å². The predicted molar refractivity (Wildman–Crippen MR) is 63.4 cm³/mol. The first-order chi connectivity index (χ1) is 7.00. The predicted octanol–water partition coefficient (Wildman–Crippen LogP) is 2.44. The van der Waals surface area contributed by atoms with Crippen molar-refractivity contribution in [2.75, 3.05) is 20.6 Å². The van der Waals surface area contributed by atoms with Gasteiger partial charge in [-0.15, -0.1) is 0 Å². The van der Waals surface area contributed by atoms with Crippen molar-refractivity contribution in [3.63, 3.8) is 0 Å². The van der Waals surface area contributed by atoms with Crippen molar-refractivity contribution in [3.8, 4) is 0 Å². The first-order valence-corrected chi connectivity index (χ1v) is 5.26. The number of nitrogens with zero attached hydrogens (tertiary/aromatic N) is 1. The van der Waals surface area contributed by atoms with E-state index in [1.807, 2.05) is 51.0 Å². The van der Waals surface area contributed by atoms with Gasteiger partial charge in [0.15, 0.2) is 5.78 Å². The lowest BCUT2D eigenvalue weighted by molar-refractivity contribution is 0.0972. The van der Waals surface area contributed by atoms with Crippen LogP contribution in [0.3, 0.4) is 0 Å². The van der Waals surface area contributed by atoms with E-state index < -0.39 is 0 Å². The van der Waals surface area contributed by atoms with Crippen LogP contribution in [0.5, 0.6) is 0 Å². The van der Waals surface area contributed by atoms with Gasteiger partial charge in [0.2, 0.25) is 0 Å². The molecular weight excluding hydrogens is 186 g/mol. The second-order valence-corrected chi connectivity index (χ2v) is 4.29. The van der Waals surface area contributed by atoms with Gasteiger partial charge >= 0.3 is 0 Å². The van der Waals surface area contributed by atoms with Crippen LogP contribution in [0.2, 0.25) is 0 Å². The van der Waals surface area contributed by atoms with Crippen LogP contribution < -0.4 is 0 Å². The number of hydrogen-bond acceptors (Lipinski definition) is 2. The van der Waals surface area contributed by atoms with Crippen LogP contribution in [0.1, 0.15) is 27.9 Å². The Morgan fingerprint density at radius 2 is 1.93 bits per heavy atom. The quantitative estimate of drug-likeness (QED) is 0.704. The average molecular weight is 205 g/mol. The molecule has 0 atom stereocenters. The number of Topliss-reactive ketones (excluding diaryl/α,β-unsaturated/α-hetero) is 1. The Bertz CT molecular complexity index is 356. The van der Waals surface area contributed by atoms with Crippen LogP contribution >= 0.6 is 0 Å². The highest BCUT2D eigenvalue weighted by Crippen LogP contribution is 2.12. The topological polar surface area (TPSA) is 20.3 Å². The molecule has 0 aliphatic carbocycles. The Hall–Kier alpha value is -1.15. The molecule has 1 rings (SSSR count). The Morgan fingerprint density at radius 1 is 1.27 bits per heavy atom. The maximum atomic E-state index is 11.9. The summed E-state index contributed by atoms with van der Waals surface area (Å²) in [6.07, 6.45) is 0.595. The van der Waals surface area contributed by atoms with E-state index in [1.165, 1.54) is 0 Å². The van der Waals surface area contributed by atoms with Crippen LogP contribution in [-0.4, -0.2) is 31.3 Å². The van der Waals surface area contributed by atoms with Gasteiger partial charge in [-0.1, -0.05) is 17.7 Å². The highest BCUT2D eigenvalue weighted by Gasteiger charge is 2.09. The van der Waals surface area contributed by atoms with Gasteiger partial charge in [-0.25, -0.2) is 0 Å². The Balaban J connectivity index is 2.77. The molecular formula is C13H19NO. The summed E-state index contributed by atoms with van der Waals surface area (Å²) in [4.78, 5) is 13.9. The lowest BCUT2D eigenvalue weighted by atomic mass is 10.0. The molecule has 1 aromatic rings. The maximum absolute atomic E-state index is 11.9. The Morgan fingerprint density at radius 3 is 2.53 bits per heavy atom. The molecule has 0 saturated heterocycles. The third-order valence-electron chi connectivity index (χ3n) is 2.48. The maximum Gasteiger partial charge on any atom is 0.164 e. The summed E-state index contributed by atoms with van der Waals surface area (Å²) >= 11 is 0. The minimum atomic E-state index is 0.241. The van der Waals surface area contributed by atoms with E-state index in [9.17, 15) is 4.79 Å². The molecule has 0 radical (unpaired) electrons. The molecule has 0 heterocycles. The van der Waals surface area contributed by atoms with Crippen molar-refractivity contribution in [1.29, 1.82) is 0 Å². The van der Waals surface area contributed by atoms with Crippen LogP contribution in [0.25, 0.3) is 0 Å². The first kappa shape index (κ1) is 11.9. The zero-order chi connectivity index (χ0) is 11.4. The molecule has 15 heavy (non-hydrogen) atoms. The van der Waals surface area contributed by atoms with E-state index in [0.717, 1.165) is 23.2 Å². The van der Waals surface area contributed by atoms with Crippen molar-refractivity contribution >= 4 is 5.78 Å². The zero-order valence-electron chi connectivity index (χ0n) is 10.0. The third kappa shape index (κ3) is 3.48. The summed E-state index contributed by atoms with van der Waals surface area (Å²) in [6.45, 7) is 4.82. The second-order valence-electron chi connectivity index (χ2n) is 4.29. The lowest BCUT2D eigenvalue weighted by Crippen LogP contribution is -2.17. The van der Waals surface area contributed by atoms with E-state index in [1.54, 1.807) is 0 Å². The normalized spacial score (nSPS) is 10.7. The average Bonchev–Trinajstić information content (AvgIpc) is 2.18. The molecule has 0 aromatic heterocycles. The summed E-state index contributed by atoms with van der Waals surface area (Å²) < 4.78 is 0. The SMILES string of the molecule is Cc1ccc(C)c(C(=O)CCN(C)C)c1. The molecule has 1 aromatic carbocycles. The third-order valence-corrected chi connectivity index (χ3v) is 2.48. The largest absolute Gasteiger partial charge is 0.309 e. The fourth-order valence-electron chi connectivity index (χ4n) is 1.50. The van der Waals surface area contributed by atoms with Gasteiger partial charge in [0, 0.05) is 18.5 Å². The van der Waals surface area contributed by atoms with E-state index in [2.05, 4.69) is 0 Å². The molecule has 0 unspecified atom stereocenters. The highest BCUT2D eigenvalue weighted by molar-refractivity contribution is 5.97. The number of carbonyl (C=O) groups is 1. The van der Waals surface area contributed by atoms with E-state index in [-0.39, 0.29) is 5.78 Å². The molecule has 0 spiro atoms. The molecule has 0 aliphatic heterocycles. The summed E-state index contributed by atoms with van der Waals surface area (Å²) in [5.74, 6) is 0.241. The number of aryl methyl sites for hydroxylation is 2. The molecule has 0 saturated carbocycles. The van der Waals surface area contributed by atoms with Gasteiger partial charge in [0.05, 0.1) is 0 Å². The summed E-state index contributed by atoms with van der Waals surface area (Å²) in [7, 11) is 3.97. The van der Waals surface area contributed by atoms with Crippen molar-refractivity contribution < 1.29 is 4.79 Å². The summed E-state index contributed by atoms with van der Waals surface area (Å²) in [6, 6.07) is 6.03. The number of carbonyl (C=O) groups excluding carboxylic acids is 1. The lowest BCUT2D eigenvalue weighted by Gasteiger charge is -2.10. The molecule has 2 nitrogen and oxygen atoms in total. The summed E-state index contributed by atoms with van der Waals surface area (Å²) in [5.41, 5.74) is 3.09. The second kappa shape index (κ2) is 5.08. The van der Waals surface area contributed by atoms with Crippen molar-refractivity contribution in [1.82, 2.24) is 4.90 Å². The molecule has 0 amide bonds. The van der Waals surface area contributed by atoms with Gasteiger partial charge in [-0.3, -0.25) is 4.79 Å². The monoisotopic (exact) mass is 205 g/mol. The number of benzene rings is 1. The molecule has 0 aliphatic rings. The van der Waals surface area contributed by atoms with Crippen molar-refractivity contribution in [2.24, 2.45) is 0 Å². The molecule has 0 N–H and O–H groups in total. The Labute approximate surface area is 91.9 Å². The van der Waals surface area contributed by atoms with Crippen LogP contribution in [0.15, 0.2) is 18.2 Å². The number of ketones is 1. The molecule has 0 bridgehead atoms. The van der Waals surface area contributed by atoms with E-state index in [4.69, 9.17) is 0 Å². The van der Waals surface area contributed by atoms with Gasteiger partial charge in [0.25, 0.3) is 0 Å². The van der Waals surface area contributed by atoms with Gasteiger partial charge < -0.3 is 4.90 Å². The number of rotatable bonds is 4. The molecule has 0 fully saturated rings. The molecule has 82 valence electrons. The van der Waals surface area contributed by atoms with Crippen molar-refractivity contribution in [3.05, 3.63) is 34.9 Å². The highest BCUT2D eigenvalue weighted by atomic mass is 16.1. The molecule has 2 heteroatoms. The zero-order valence-corrected chi connectivity index (χ0v) is 10.0. The smallest absolute Gasteiger partial charge is 0.164 e.